The Kier molecular flexibility index (Phi) is 4.99. The van der Waals surface area contributed by atoms with E-state index in [1.54, 1.807) is 0 Å². The number of pyridine rings is 1. The summed E-state index contributed by atoms with van der Waals surface area (Å²) >= 11 is 0. The maximum absolute atomic E-state index is 6.12. The molecule has 0 aromatic carbocycles. The lowest BCUT2D eigenvalue weighted by molar-refractivity contribution is 0.111. The van der Waals surface area contributed by atoms with Crippen molar-refractivity contribution in [3.05, 3.63) is 34.3 Å². The number of aromatic nitrogens is 1. The van der Waals surface area contributed by atoms with Crippen molar-refractivity contribution in [2.45, 2.75) is 79.8 Å². The number of aryl methyl sites for hydroxylation is 1. The SMILES string of the molecule is C/C1=C(\C)c2nc(C)cc(C(C)C)c2C(C(C)C)C[C@@H](C)O1. The third-order valence-electron chi connectivity index (χ3n) is 4.86. The molecule has 0 radical (unpaired) electrons. The normalized spacial score (nSPS) is 25.7. The molecule has 0 spiro atoms. The number of ether oxygens (including phenoxy) is 1. The first-order valence-corrected chi connectivity index (χ1v) is 8.58. The molecule has 1 aromatic heterocycles. The van der Waals surface area contributed by atoms with Gasteiger partial charge in [0.1, 0.15) is 0 Å². The fourth-order valence-corrected chi connectivity index (χ4v) is 3.55. The van der Waals surface area contributed by atoms with Gasteiger partial charge < -0.3 is 4.74 Å². The highest BCUT2D eigenvalue weighted by Gasteiger charge is 2.30. The summed E-state index contributed by atoms with van der Waals surface area (Å²) in [5, 5.41) is 0. The van der Waals surface area contributed by atoms with Gasteiger partial charge in [-0.25, -0.2) is 0 Å². The minimum Gasteiger partial charge on any atom is -0.495 e. The molecule has 0 fully saturated rings. The Hall–Kier alpha value is -1.31. The van der Waals surface area contributed by atoms with E-state index in [2.05, 4.69) is 61.5 Å². The van der Waals surface area contributed by atoms with Crippen LogP contribution in [0.5, 0.6) is 0 Å². The van der Waals surface area contributed by atoms with Gasteiger partial charge in [-0.3, -0.25) is 4.98 Å². The third-order valence-corrected chi connectivity index (χ3v) is 4.86. The molecule has 2 heterocycles. The lowest BCUT2D eigenvalue weighted by Crippen LogP contribution is -2.23. The fraction of sp³-hybridized carbons (Fsp3) is 0.650. The van der Waals surface area contributed by atoms with Crippen LogP contribution < -0.4 is 0 Å². The summed E-state index contributed by atoms with van der Waals surface area (Å²) < 4.78 is 6.12. The van der Waals surface area contributed by atoms with Crippen LogP contribution in [0.1, 0.15) is 89.2 Å². The van der Waals surface area contributed by atoms with Crippen molar-refractivity contribution in [1.82, 2.24) is 4.98 Å². The van der Waals surface area contributed by atoms with E-state index in [9.17, 15) is 0 Å². The second kappa shape index (κ2) is 6.44. The predicted molar refractivity (Wildman–Crippen MR) is 94.1 cm³/mol. The van der Waals surface area contributed by atoms with Gasteiger partial charge in [0, 0.05) is 11.3 Å². The Balaban J connectivity index is 2.80. The van der Waals surface area contributed by atoms with E-state index < -0.39 is 0 Å². The van der Waals surface area contributed by atoms with Crippen LogP contribution in [-0.2, 0) is 4.74 Å². The van der Waals surface area contributed by atoms with Crippen molar-refractivity contribution in [3.8, 4) is 0 Å². The van der Waals surface area contributed by atoms with Gasteiger partial charge in [-0.05, 0) is 69.1 Å². The molecule has 0 bridgehead atoms. The molecule has 1 aromatic rings. The minimum atomic E-state index is 0.247. The van der Waals surface area contributed by atoms with E-state index in [-0.39, 0.29) is 6.10 Å². The first kappa shape index (κ1) is 17.1. The Morgan fingerprint density at radius 1 is 1.14 bits per heavy atom. The van der Waals surface area contributed by atoms with E-state index in [1.165, 1.54) is 16.7 Å². The molecule has 2 heteroatoms. The summed E-state index contributed by atoms with van der Waals surface area (Å²) in [5.41, 5.74) is 6.38. The molecular weight excluding hydrogens is 270 g/mol. The van der Waals surface area contributed by atoms with Crippen LogP contribution in [0.25, 0.3) is 5.57 Å². The average molecular weight is 301 g/mol. The maximum atomic E-state index is 6.12. The lowest BCUT2D eigenvalue weighted by atomic mass is 9.77. The first-order valence-electron chi connectivity index (χ1n) is 8.58. The number of hydrogen-bond donors (Lipinski definition) is 0. The Labute approximate surface area is 136 Å². The molecule has 0 saturated heterocycles. The highest BCUT2D eigenvalue weighted by molar-refractivity contribution is 5.67. The molecule has 122 valence electrons. The van der Waals surface area contributed by atoms with Crippen LogP contribution >= 0.6 is 0 Å². The van der Waals surface area contributed by atoms with Crippen LogP contribution in [0.3, 0.4) is 0 Å². The van der Waals surface area contributed by atoms with Gasteiger partial charge in [-0.2, -0.15) is 0 Å². The molecule has 0 saturated carbocycles. The number of hydrogen-bond acceptors (Lipinski definition) is 2. The van der Waals surface area contributed by atoms with Gasteiger partial charge in [0.2, 0.25) is 0 Å². The van der Waals surface area contributed by atoms with Crippen molar-refractivity contribution < 1.29 is 4.74 Å². The second-order valence-corrected chi connectivity index (χ2v) is 7.47. The first-order chi connectivity index (χ1) is 10.2. The standard InChI is InChI=1S/C20H31NO/c1-11(2)17-9-13(5)21-20-15(7)16(8)22-14(6)10-18(12(3)4)19(17)20/h9,11-12,14,18H,10H2,1-8H3/b16-15-/t14-,18?/m1/s1. The molecule has 2 rings (SSSR count). The highest BCUT2D eigenvalue weighted by Crippen LogP contribution is 2.41. The van der Waals surface area contributed by atoms with Crippen molar-refractivity contribution >= 4 is 5.57 Å². The molecule has 0 amide bonds. The number of fused-ring (bicyclic) bond motifs is 1. The van der Waals surface area contributed by atoms with Crippen LogP contribution in [0, 0.1) is 12.8 Å². The monoisotopic (exact) mass is 301 g/mol. The van der Waals surface area contributed by atoms with Gasteiger partial charge in [-0.1, -0.05) is 27.7 Å². The van der Waals surface area contributed by atoms with E-state index in [4.69, 9.17) is 9.72 Å². The molecule has 0 aliphatic carbocycles. The molecule has 1 unspecified atom stereocenters. The minimum absolute atomic E-state index is 0.247. The molecule has 1 aliphatic heterocycles. The van der Waals surface area contributed by atoms with Gasteiger partial charge in [0.05, 0.1) is 17.6 Å². The Morgan fingerprint density at radius 3 is 2.32 bits per heavy atom. The summed E-state index contributed by atoms with van der Waals surface area (Å²) in [4.78, 5) is 4.91. The van der Waals surface area contributed by atoms with E-state index >= 15 is 0 Å². The van der Waals surface area contributed by atoms with Gasteiger partial charge in [0.15, 0.2) is 0 Å². The highest BCUT2D eigenvalue weighted by atomic mass is 16.5. The zero-order chi connectivity index (χ0) is 16.6. The van der Waals surface area contributed by atoms with Gasteiger partial charge >= 0.3 is 0 Å². The molecule has 0 N–H and O–H groups in total. The summed E-state index contributed by atoms with van der Waals surface area (Å²) in [7, 11) is 0. The molecule has 2 atom stereocenters. The summed E-state index contributed by atoms with van der Waals surface area (Å²) in [6.07, 6.45) is 1.30. The van der Waals surface area contributed by atoms with Crippen LogP contribution in [0.4, 0.5) is 0 Å². The van der Waals surface area contributed by atoms with Crippen molar-refractivity contribution in [2.24, 2.45) is 5.92 Å². The predicted octanol–water partition coefficient (Wildman–Crippen LogP) is 5.81. The van der Waals surface area contributed by atoms with Crippen molar-refractivity contribution in [2.75, 3.05) is 0 Å². The smallest absolute Gasteiger partial charge is 0.0983 e. The van der Waals surface area contributed by atoms with E-state index in [1.807, 2.05) is 0 Å². The number of allylic oxidation sites excluding steroid dienone is 2. The van der Waals surface area contributed by atoms with Crippen LogP contribution in [0.2, 0.25) is 0 Å². The summed E-state index contributed by atoms with van der Waals surface area (Å²) in [5.74, 6) is 2.61. The van der Waals surface area contributed by atoms with Crippen LogP contribution in [0.15, 0.2) is 11.8 Å². The third kappa shape index (κ3) is 3.21. The second-order valence-electron chi connectivity index (χ2n) is 7.47. The van der Waals surface area contributed by atoms with Crippen molar-refractivity contribution in [3.63, 3.8) is 0 Å². The van der Waals surface area contributed by atoms with Gasteiger partial charge in [-0.15, -0.1) is 0 Å². The van der Waals surface area contributed by atoms with Crippen molar-refractivity contribution in [1.29, 1.82) is 0 Å². The molecular formula is C20H31NO. The Bertz CT molecular complexity index is 584. The quantitative estimate of drug-likeness (QED) is 0.687. The molecule has 22 heavy (non-hydrogen) atoms. The van der Waals surface area contributed by atoms with Crippen LogP contribution in [-0.4, -0.2) is 11.1 Å². The molecule has 1 aliphatic rings. The maximum Gasteiger partial charge on any atom is 0.0983 e. The average Bonchev–Trinajstić information content (AvgIpc) is 2.42. The van der Waals surface area contributed by atoms with Gasteiger partial charge in [0.25, 0.3) is 0 Å². The zero-order valence-electron chi connectivity index (χ0n) is 15.4. The largest absolute Gasteiger partial charge is 0.495 e. The summed E-state index contributed by atoms with van der Waals surface area (Å²) in [6, 6.07) is 2.29. The zero-order valence-corrected chi connectivity index (χ0v) is 15.4. The Morgan fingerprint density at radius 2 is 1.77 bits per heavy atom. The topological polar surface area (TPSA) is 22.1 Å². The van der Waals surface area contributed by atoms with E-state index in [0.29, 0.717) is 17.8 Å². The molecule has 2 nitrogen and oxygen atoms in total. The number of nitrogens with zero attached hydrogens (tertiary/aromatic N) is 1. The van der Waals surface area contributed by atoms with E-state index in [0.717, 1.165) is 23.6 Å². The fourth-order valence-electron chi connectivity index (χ4n) is 3.55. The lowest BCUT2D eigenvalue weighted by Gasteiger charge is -2.33. The summed E-state index contributed by atoms with van der Waals surface area (Å²) in [6.45, 7) is 17.7. The number of rotatable bonds is 2.